The first-order chi connectivity index (χ1) is 9.83. The number of alkyl halides is 3. The molecule has 0 aliphatic heterocycles. The van der Waals surface area contributed by atoms with Crippen molar-refractivity contribution in [3.63, 3.8) is 0 Å². The quantitative estimate of drug-likeness (QED) is 0.877. The number of ether oxygens (including phenoxy) is 2. The maximum Gasteiger partial charge on any atom is 0.573 e. The van der Waals surface area contributed by atoms with Gasteiger partial charge in [-0.15, -0.1) is 13.2 Å². The van der Waals surface area contributed by atoms with E-state index in [1.807, 2.05) is 0 Å². The van der Waals surface area contributed by atoms with E-state index in [-0.39, 0.29) is 16.6 Å². The summed E-state index contributed by atoms with van der Waals surface area (Å²) in [6.45, 7) is 0. The lowest BCUT2D eigenvalue weighted by atomic mass is 10.2. The van der Waals surface area contributed by atoms with Gasteiger partial charge in [-0.1, -0.05) is 12.2 Å². The summed E-state index contributed by atoms with van der Waals surface area (Å²) >= 11 is 4.83. The van der Waals surface area contributed by atoms with Crippen LogP contribution in [0.4, 0.5) is 13.2 Å². The van der Waals surface area contributed by atoms with E-state index in [0.717, 1.165) is 12.1 Å². The van der Waals surface area contributed by atoms with Crippen LogP contribution in [0.15, 0.2) is 42.6 Å². The molecule has 0 unspecified atom stereocenters. The standard InChI is InChI=1S/C13H9F3N2O2S/c14-13(15,16)20-10-3-1-9(2-4-10)19-11-7-8(12(17)21)5-6-18-11/h1-7H,(H2,17,21). The van der Waals surface area contributed by atoms with E-state index in [0.29, 0.717) is 11.3 Å². The first-order valence-corrected chi connectivity index (χ1v) is 6.04. The minimum Gasteiger partial charge on any atom is -0.439 e. The average molecular weight is 314 g/mol. The molecule has 0 aliphatic rings. The van der Waals surface area contributed by atoms with Crippen molar-refractivity contribution < 1.29 is 22.6 Å². The fourth-order valence-electron chi connectivity index (χ4n) is 1.45. The van der Waals surface area contributed by atoms with Gasteiger partial charge in [0.05, 0.1) is 0 Å². The van der Waals surface area contributed by atoms with Gasteiger partial charge in [-0.05, 0) is 30.3 Å². The van der Waals surface area contributed by atoms with E-state index in [1.54, 1.807) is 6.07 Å². The van der Waals surface area contributed by atoms with Gasteiger partial charge in [0, 0.05) is 17.8 Å². The fourth-order valence-corrected chi connectivity index (χ4v) is 1.58. The zero-order chi connectivity index (χ0) is 15.5. The van der Waals surface area contributed by atoms with Crippen LogP contribution in [-0.2, 0) is 0 Å². The van der Waals surface area contributed by atoms with Crippen molar-refractivity contribution in [2.24, 2.45) is 5.73 Å². The van der Waals surface area contributed by atoms with Gasteiger partial charge in [0.1, 0.15) is 16.5 Å². The van der Waals surface area contributed by atoms with Gasteiger partial charge in [0.25, 0.3) is 0 Å². The maximum atomic E-state index is 12.0. The molecule has 110 valence electrons. The second-order valence-electron chi connectivity index (χ2n) is 3.87. The summed E-state index contributed by atoms with van der Waals surface area (Å²) in [5.74, 6) is 0.196. The first kappa shape index (κ1) is 15.0. The van der Waals surface area contributed by atoms with Crippen molar-refractivity contribution in [1.29, 1.82) is 0 Å². The highest BCUT2D eigenvalue weighted by Crippen LogP contribution is 2.26. The minimum absolute atomic E-state index is 0.191. The van der Waals surface area contributed by atoms with Crippen molar-refractivity contribution in [3.8, 4) is 17.4 Å². The molecule has 1 aromatic heterocycles. The van der Waals surface area contributed by atoms with Crippen molar-refractivity contribution in [2.75, 3.05) is 0 Å². The van der Waals surface area contributed by atoms with Gasteiger partial charge < -0.3 is 15.2 Å². The minimum atomic E-state index is -4.73. The smallest absolute Gasteiger partial charge is 0.439 e. The molecule has 2 aromatic rings. The largest absolute Gasteiger partial charge is 0.573 e. The van der Waals surface area contributed by atoms with Gasteiger partial charge >= 0.3 is 6.36 Å². The van der Waals surface area contributed by atoms with E-state index < -0.39 is 6.36 Å². The van der Waals surface area contributed by atoms with Crippen molar-refractivity contribution >= 4 is 17.2 Å². The lowest BCUT2D eigenvalue weighted by Crippen LogP contribution is -2.16. The monoisotopic (exact) mass is 314 g/mol. The van der Waals surface area contributed by atoms with E-state index in [2.05, 4.69) is 9.72 Å². The highest BCUT2D eigenvalue weighted by molar-refractivity contribution is 7.80. The fraction of sp³-hybridized carbons (Fsp3) is 0.0769. The van der Waals surface area contributed by atoms with Crippen LogP contribution in [0.2, 0.25) is 0 Å². The second-order valence-corrected chi connectivity index (χ2v) is 4.31. The summed E-state index contributed by atoms with van der Waals surface area (Å²) < 4.78 is 45.2. The van der Waals surface area contributed by atoms with Crippen LogP contribution in [0.5, 0.6) is 17.4 Å². The average Bonchev–Trinajstić information content (AvgIpc) is 2.40. The van der Waals surface area contributed by atoms with Crippen molar-refractivity contribution in [2.45, 2.75) is 6.36 Å². The molecule has 2 N–H and O–H groups in total. The maximum absolute atomic E-state index is 12.0. The molecule has 0 amide bonds. The topological polar surface area (TPSA) is 57.4 Å². The number of hydrogen-bond donors (Lipinski definition) is 1. The van der Waals surface area contributed by atoms with Gasteiger partial charge in [-0.2, -0.15) is 0 Å². The number of hydrogen-bond acceptors (Lipinski definition) is 4. The Morgan fingerprint density at radius 2 is 1.71 bits per heavy atom. The summed E-state index contributed by atoms with van der Waals surface area (Å²) in [7, 11) is 0. The lowest BCUT2D eigenvalue weighted by molar-refractivity contribution is -0.274. The molecule has 0 aliphatic carbocycles. The Labute approximate surface area is 123 Å². The van der Waals surface area contributed by atoms with Crippen LogP contribution in [0.1, 0.15) is 5.56 Å². The number of thiocarbonyl (C=S) groups is 1. The van der Waals surface area contributed by atoms with Crippen LogP contribution in [0, 0.1) is 0 Å². The van der Waals surface area contributed by atoms with Crippen LogP contribution in [0.3, 0.4) is 0 Å². The molecular formula is C13H9F3N2O2S. The summed E-state index contributed by atoms with van der Waals surface area (Å²) in [6, 6.07) is 8.09. The Morgan fingerprint density at radius 3 is 2.29 bits per heavy atom. The molecule has 4 nitrogen and oxygen atoms in total. The Kier molecular flexibility index (Phi) is 4.27. The number of benzene rings is 1. The van der Waals surface area contributed by atoms with Crippen LogP contribution >= 0.6 is 12.2 Å². The number of pyridine rings is 1. The molecule has 2 rings (SSSR count). The Balaban J connectivity index is 2.10. The first-order valence-electron chi connectivity index (χ1n) is 5.63. The van der Waals surface area contributed by atoms with Gasteiger partial charge in [-0.3, -0.25) is 0 Å². The van der Waals surface area contributed by atoms with Crippen LogP contribution in [0.25, 0.3) is 0 Å². The zero-order valence-electron chi connectivity index (χ0n) is 10.4. The van der Waals surface area contributed by atoms with Crippen molar-refractivity contribution in [1.82, 2.24) is 4.98 Å². The number of aromatic nitrogens is 1. The normalized spacial score (nSPS) is 11.0. The Hall–Kier alpha value is -2.35. The Morgan fingerprint density at radius 1 is 1.10 bits per heavy atom. The second kappa shape index (κ2) is 5.96. The molecule has 0 bridgehead atoms. The number of halogens is 3. The van der Waals surface area contributed by atoms with E-state index in [9.17, 15) is 13.2 Å². The molecule has 0 spiro atoms. The molecule has 0 saturated carbocycles. The van der Waals surface area contributed by atoms with Crippen LogP contribution < -0.4 is 15.2 Å². The summed E-state index contributed by atoms with van der Waals surface area (Å²) in [4.78, 5) is 4.14. The summed E-state index contributed by atoms with van der Waals surface area (Å²) in [5, 5.41) is 0. The predicted octanol–water partition coefficient (Wildman–Crippen LogP) is 3.41. The predicted molar refractivity (Wildman–Crippen MR) is 73.3 cm³/mol. The number of rotatable bonds is 4. The van der Waals surface area contributed by atoms with Crippen molar-refractivity contribution in [3.05, 3.63) is 48.2 Å². The molecule has 1 aromatic carbocycles. The molecule has 0 fully saturated rings. The van der Waals surface area contributed by atoms with Gasteiger partial charge in [-0.25, -0.2) is 4.98 Å². The van der Waals surface area contributed by atoms with Gasteiger partial charge in [0.2, 0.25) is 5.88 Å². The zero-order valence-corrected chi connectivity index (χ0v) is 11.2. The SMILES string of the molecule is NC(=S)c1ccnc(Oc2ccc(OC(F)(F)F)cc2)c1. The third kappa shape index (κ3) is 4.60. The van der Waals surface area contributed by atoms with E-state index in [4.69, 9.17) is 22.7 Å². The Bertz CT molecular complexity index is 645. The summed E-state index contributed by atoms with van der Waals surface area (Å²) in [6.07, 6.45) is -3.26. The third-order valence-electron chi connectivity index (χ3n) is 2.30. The van der Waals surface area contributed by atoms with Gasteiger partial charge in [0.15, 0.2) is 0 Å². The van der Waals surface area contributed by atoms with Crippen LogP contribution in [-0.4, -0.2) is 16.3 Å². The molecule has 1 heterocycles. The number of nitrogens with zero attached hydrogens (tertiary/aromatic N) is 1. The lowest BCUT2D eigenvalue weighted by Gasteiger charge is -2.10. The third-order valence-corrected chi connectivity index (χ3v) is 2.53. The molecule has 0 radical (unpaired) electrons. The number of nitrogens with two attached hydrogens (primary N) is 1. The summed E-state index contributed by atoms with van der Waals surface area (Å²) in [5.41, 5.74) is 6.06. The van der Waals surface area contributed by atoms with E-state index >= 15 is 0 Å². The molecule has 8 heteroatoms. The molecule has 0 saturated heterocycles. The molecule has 0 atom stereocenters. The molecule has 21 heavy (non-hydrogen) atoms. The highest BCUT2D eigenvalue weighted by Gasteiger charge is 2.30. The molecular weight excluding hydrogens is 305 g/mol. The van der Waals surface area contributed by atoms with E-state index in [1.165, 1.54) is 24.4 Å². The highest BCUT2D eigenvalue weighted by atomic mass is 32.1.